The first-order valence-corrected chi connectivity index (χ1v) is 10.2. The number of carbonyl (C=O) groups is 2. The van der Waals surface area contributed by atoms with Crippen LogP contribution in [0.3, 0.4) is 0 Å². The lowest BCUT2D eigenvalue weighted by Crippen LogP contribution is -2.29. The molecule has 3 aromatic carbocycles. The lowest BCUT2D eigenvalue weighted by Gasteiger charge is -2.21. The van der Waals surface area contributed by atoms with Gasteiger partial charge < -0.3 is 10.2 Å². The van der Waals surface area contributed by atoms with E-state index in [9.17, 15) is 9.59 Å². The topological polar surface area (TPSA) is 72.9 Å². The Labute approximate surface area is 188 Å². The van der Waals surface area contributed by atoms with Crippen LogP contribution in [0.4, 0.5) is 5.69 Å². The molecule has 0 aromatic heterocycles. The summed E-state index contributed by atoms with van der Waals surface area (Å²) in [4.78, 5) is 26.5. The number of benzene rings is 3. The largest absolute Gasteiger partial charge is 0.378 e. The second kappa shape index (κ2) is 10.4. The summed E-state index contributed by atoms with van der Waals surface area (Å²) in [5.41, 5.74) is 4.34. The van der Waals surface area contributed by atoms with Crippen molar-refractivity contribution in [3.05, 3.63) is 107 Å². The first-order chi connectivity index (χ1) is 15.3. The van der Waals surface area contributed by atoms with Crippen LogP contribution in [0.1, 0.15) is 33.1 Å². The molecule has 0 saturated heterocycles. The van der Waals surface area contributed by atoms with Crippen LogP contribution in [0, 0.1) is 0 Å². The van der Waals surface area contributed by atoms with E-state index in [2.05, 4.69) is 5.32 Å². The van der Waals surface area contributed by atoms with Gasteiger partial charge in [0.15, 0.2) is 0 Å². The highest BCUT2D eigenvalue weighted by Gasteiger charge is 2.18. The maximum absolute atomic E-state index is 12.9. The lowest BCUT2D eigenvalue weighted by molar-refractivity contribution is -0.153. The summed E-state index contributed by atoms with van der Waals surface area (Å²) in [5, 5.41) is 12.8. The molecule has 0 spiro atoms. The summed E-state index contributed by atoms with van der Waals surface area (Å²) in [5.74, 6) is -0.670. The summed E-state index contributed by atoms with van der Waals surface area (Å²) < 4.78 is 0. The van der Waals surface area contributed by atoms with Gasteiger partial charge in [0.1, 0.15) is 0 Å². The van der Waals surface area contributed by atoms with E-state index in [-0.39, 0.29) is 11.9 Å². The number of hydroxylamine groups is 2. The number of rotatable bonds is 7. The third-order valence-corrected chi connectivity index (χ3v) is 5.06. The van der Waals surface area contributed by atoms with Crippen LogP contribution >= 0.6 is 0 Å². The summed E-state index contributed by atoms with van der Waals surface area (Å²) in [6.45, 7) is 0. The standard InChI is InChI=1S/C26H27N3O3/c1-28(2)23-16-14-21(15-17-23)25(27-26(31)22-7-5-4-6-8-22)20-12-9-19(10-13-20)11-18-24(30)29(3)32/h4-18,25,32H,1-3H3,(H,27,31)/b18-11+. The van der Waals surface area contributed by atoms with Gasteiger partial charge in [-0.25, -0.2) is 5.06 Å². The molecule has 0 radical (unpaired) electrons. The van der Waals surface area contributed by atoms with Gasteiger partial charge in [-0.3, -0.25) is 14.8 Å². The van der Waals surface area contributed by atoms with Crippen LogP contribution in [0.5, 0.6) is 0 Å². The number of carbonyl (C=O) groups excluding carboxylic acids is 2. The van der Waals surface area contributed by atoms with E-state index < -0.39 is 5.91 Å². The van der Waals surface area contributed by atoms with Crippen molar-refractivity contribution >= 4 is 23.6 Å². The smallest absolute Gasteiger partial charge is 0.269 e. The molecule has 2 amide bonds. The second-order valence-corrected chi connectivity index (χ2v) is 7.62. The highest BCUT2D eigenvalue weighted by Crippen LogP contribution is 2.25. The predicted molar refractivity (Wildman–Crippen MR) is 127 cm³/mol. The summed E-state index contributed by atoms with van der Waals surface area (Å²) in [6.07, 6.45) is 2.92. The first kappa shape index (κ1) is 22.8. The van der Waals surface area contributed by atoms with Gasteiger partial charge in [-0.1, -0.05) is 54.6 Å². The molecule has 0 fully saturated rings. The molecule has 164 valence electrons. The van der Waals surface area contributed by atoms with E-state index >= 15 is 0 Å². The number of nitrogens with zero attached hydrogens (tertiary/aromatic N) is 2. The van der Waals surface area contributed by atoms with Crippen molar-refractivity contribution in [3.8, 4) is 0 Å². The van der Waals surface area contributed by atoms with Gasteiger partial charge in [-0.2, -0.15) is 0 Å². The molecule has 0 aliphatic carbocycles. The van der Waals surface area contributed by atoms with Gasteiger partial charge >= 0.3 is 0 Å². The fraction of sp³-hybridized carbons (Fsp3) is 0.154. The second-order valence-electron chi connectivity index (χ2n) is 7.62. The van der Waals surface area contributed by atoms with Gasteiger partial charge in [0, 0.05) is 38.5 Å². The fourth-order valence-electron chi connectivity index (χ4n) is 3.20. The average molecular weight is 430 g/mol. The molecule has 3 aromatic rings. The van der Waals surface area contributed by atoms with Gasteiger partial charge in [0.25, 0.3) is 11.8 Å². The number of likely N-dealkylation sites (N-methyl/N-ethyl adjacent to an activating group) is 1. The van der Waals surface area contributed by atoms with Gasteiger partial charge in [0.2, 0.25) is 0 Å². The fourth-order valence-corrected chi connectivity index (χ4v) is 3.20. The molecule has 0 bridgehead atoms. The Bertz CT molecular complexity index is 1070. The van der Waals surface area contributed by atoms with E-state index in [0.717, 1.165) is 22.4 Å². The molecule has 3 rings (SSSR count). The average Bonchev–Trinajstić information content (AvgIpc) is 2.81. The normalized spacial score (nSPS) is 11.8. The van der Waals surface area contributed by atoms with Crippen LogP contribution in [0.2, 0.25) is 0 Å². The molecule has 0 aliphatic heterocycles. The molecular weight excluding hydrogens is 402 g/mol. The number of hydrogen-bond acceptors (Lipinski definition) is 4. The van der Waals surface area contributed by atoms with E-state index in [1.807, 2.05) is 85.7 Å². The van der Waals surface area contributed by atoms with Crippen molar-refractivity contribution in [1.82, 2.24) is 10.4 Å². The van der Waals surface area contributed by atoms with Crippen molar-refractivity contribution in [3.63, 3.8) is 0 Å². The van der Waals surface area contributed by atoms with E-state index in [1.165, 1.54) is 13.1 Å². The Balaban J connectivity index is 1.89. The van der Waals surface area contributed by atoms with E-state index in [0.29, 0.717) is 10.6 Å². The minimum absolute atomic E-state index is 0.159. The van der Waals surface area contributed by atoms with Crippen LogP contribution in [-0.2, 0) is 4.79 Å². The number of amides is 2. The van der Waals surface area contributed by atoms with E-state index in [1.54, 1.807) is 18.2 Å². The highest BCUT2D eigenvalue weighted by molar-refractivity contribution is 5.94. The molecule has 2 N–H and O–H groups in total. The molecule has 32 heavy (non-hydrogen) atoms. The predicted octanol–water partition coefficient (Wildman–Crippen LogP) is 4.13. The highest BCUT2D eigenvalue weighted by atomic mass is 16.5. The van der Waals surface area contributed by atoms with Gasteiger partial charge in [-0.15, -0.1) is 0 Å². The zero-order chi connectivity index (χ0) is 23.1. The maximum atomic E-state index is 12.9. The number of nitrogens with one attached hydrogen (secondary N) is 1. The monoisotopic (exact) mass is 429 g/mol. The molecule has 6 nitrogen and oxygen atoms in total. The SMILES string of the molecule is CN(O)C(=O)/C=C/c1ccc(C(NC(=O)c2ccccc2)c2ccc(N(C)C)cc2)cc1. The zero-order valence-corrected chi connectivity index (χ0v) is 18.4. The van der Waals surface area contributed by atoms with Crippen LogP contribution in [0.15, 0.2) is 84.9 Å². The third kappa shape index (κ3) is 5.83. The Hall–Kier alpha value is -3.90. The zero-order valence-electron chi connectivity index (χ0n) is 18.4. The van der Waals surface area contributed by atoms with Crippen molar-refractivity contribution < 1.29 is 14.8 Å². The number of anilines is 1. The summed E-state index contributed by atoms with van der Waals surface area (Å²) in [7, 11) is 5.24. The molecule has 0 aliphatic rings. The lowest BCUT2D eigenvalue weighted by atomic mass is 9.96. The van der Waals surface area contributed by atoms with Crippen molar-refractivity contribution in [1.29, 1.82) is 0 Å². The maximum Gasteiger partial charge on any atom is 0.269 e. The van der Waals surface area contributed by atoms with Crippen molar-refractivity contribution in [2.45, 2.75) is 6.04 Å². The van der Waals surface area contributed by atoms with E-state index in [4.69, 9.17) is 5.21 Å². The number of hydrogen-bond donors (Lipinski definition) is 2. The van der Waals surface area contributed by atoms with Crippen molar-refractivity contribution in [2.75, 3.05) is 26.0 Å². The minimum Gasteiger partial charge on any atom is -0.378 e. The minimum atomic E-state index is -0.511. The Morgan fingerprint density at radius 1 is 0.844 bits per heavy atom. The third-order valence-electron chi connectivity index (χ3n) is 5.06. The Morgan fingerprint density at radius 3 is 1.94 bits per heavy atom. The van der Waals surface area contributed by atoms with Crippen LogP contribution in [-0.4, -0.2) is 43.2 Å². The Kier molecular flexibility index (Phi) is 7.41. The molecule has 0 saturated carbocycles. The van der Waals surface area contributed by atoms with Crippen LogP contribution in [0.25, 0.3) is 6.08 Å². The van der Waals surface area contributed by atoms with Crippen molar-refractivity contribution in [2.24, 2.45) is 0 Å². The molecule has 1 atom stereocenters. The summed E-state index contributed by atoms with van der Waals surface area (Å²) in [6, 6.07) is 24.4. The molecule has 1 unspecified atom stereocenters. The summed E-state index contributed by atoms with van der Waals surface area (Å²) >= 11 is 0. The van der Waals surface area contributed by atoms with Crippen LogP contribution < -0.4 is 10.2 Å². The molecule has 0 heterocycles. The molecule has 6 heteroatoms. The molecular formula is C26H27N3O3. The van der Waals surface area contributed by atoms with Gasteiger partial charge in [-0.05, 0) is 47.0 Å². The quantitative estimate of drug-likeness (QED) is 0.336. The Morgan fingerprint density at radius 2 is 1.41 bits per heavy atom. The van der Waals surface area contributed by atoms with Gasteiger partial charge in [0.05, 0.1) is 6.04 Å². The first-order valence-electron chi connectivity index (χ1n) is 10.2.